The van der Waals surface area contributed by atoms with Crippen molar-refractivity contribution in [2.45, 2.75) is 0 Å². The van der Waals surface area contributed by atoms with Crippen LogP contribution < -0.4 is 10.2 Å². The standard InChI is InChI=1S/C14H13BrIN3O/c1-19(2)13-12(4-3-7-17-13)18-14(20)10-8-9(16)5-6-11(10)15/h3-8H,1-2H3,(H,18,20). The van der Waals surface area contributed by atoms with E-state index in [1.807, 2.05) is 43.3 Å². The molecule has 20 heavy (non-hydrogen) atoms. The predicted molar refractivity (Wildman–Crippen MR) is 93.4 cm³/mol. The Kier molecular flexibility index (Phi) is 4.98. The van der Waals surface area contributed by atoms with Gasteiger partial charge in [-0.1, -0.05) is 0 Å². The molecule has 0 aliphatic carbocycles. The summed E-state index contributed by atoms with van der Waals surface area (Å²) in [6.45, 7) is 0. The molecule has 4 nitrogen and oxygen atoms in total. The van der Waals surface area contributed by atoms with E-state index in [4.69, 9.17) is 0 Å². The van der Waals surface area contributed by atoms with Crippen LogP contribution in [0.1, 0.15) is 10.4 Å². The topological polar surface area (TPSA) is 45.2 Å². The molecule has 2 aromatic rings. The third-order valence-corrected chi connectivity index (χ3v) is 3.99. The molecule has 1 amide bonds. The Morgan fingerprint density at radius 3 is 2.80 bits per heavy atom. The third-order valence-electron chi connectivity index (χ3n) is 2.63. The summed E-state index contributed by atoms with van der Waals surface area (Å²) >= 11 is 5.58. The molecule has 2 rings (SSSR count). The number of benzene rings is 1. The van der Waals surface area contributed by atoms with E-state index in [2.05, 4.69) is 48.8 Å². The minimum atomic E-state index is -0.161. The second-order valence-corrected chi connectivity index (χ2v) is 6.45. The lowest BCUT2D eigenvalue weighted by Gasteiger charge is -2.16. The number of carbonyl (C=O) groups excluding carboxylic acids is 1. The zero-order valence-corrected chi connectivity index (χ0v) is 14.8. The Bertz CT molecular complexity index is 646. The number of nitrogens with zero attached hydrogens (tertiary/aromatic N) is 2. The van der Waals surface area contributed by atoms with E-state index in [0.29, 0.717) is 11.3 Å². The lowest BCUT2D eigenvalue weighted by Crippen LogP contribution is -2.18. The van der Waals surface area contributed by atoms with Crippen molar-refractivity contribution in [1.82, 2.24) is 4.98 Å². The average Bonchev–Trinajstić information content (AvgIpc) is 2.41. The zero-order valence-electron chi connectivity index (χ0n) is 11.0. The van der Waals surface area contributed by atoms with Crippen LogP contribution in [-0.2, 0) is 0 Å². The number of aromatic nitrogens is 1. The van der Waals surface area contributed by atoms with E-state index >= 15 is 0 Å². The van der Waals surface area contributed by atoms with E-state index in [9.17, 15) is 4.79 Å². The van der Waals surface area contributed by atoms with Gasteiger partial charge in [-0.25, -0.2) is 4.98 Å². The van der Waals surface area contributed by atoms with E-state index < -0.39 is 0 Å². The molecule has 0 radical (unpaired) electrons. The van der Waals surface area contributed by atoms with Crippen molar-refractivity contribution < 1.29 is 4.79 Å². The average molecular weight is 446 g/mol. The summed E-state index contributed by atoms with van der Waals surface area (Å²) in [5.41, 5.74) is 1.29. The third kappa shape index (κ3) is 3.49. The van der Waals surface area contributed by atoms with Gasteiger partial charge in [-0.2, -0.15) is 0 Å². The molecule has 0 saturated carbocycles. The van der Waals surface area contributed by atoms with Crippen molar-refractivity contribution >= 4 is 55.9 Å². The number of rotatable bonds is 3. The summed E-state index contributed by atoms with van der Waals surface area (Å²) < 4.78 is 1.78. The Balaban J connectivity index is 2.31. The summed E-state index contributed by atoms with van der Waals surface area (Å²) in [6, 6.07) is 9.28. The van der Waals surface area contributed by atoms with Gasteiger partial charge in [-0.3, -0.25) is 4.79 Å². The highest BCUT2D eigenvalue weighted by atomic mass is 127. The first-order valence-electron chi connectivity index (χ1n) is 5.88. The maximum atomic E-state index is 12.4. The number of nitrogens with one attached hydrogen (secondary N) is 1. The number of pyridine rings is 1. The second-order valence-electron chi connectivity index (χ2n) is 4.35. The maximum Gasteiger partial charge on any atom is 0.256 e. The maximum absolute atomic E-state index is 12.4. The highest BCUT2D eigenvalue weighted by molar-refractivity contribution is 14.1. The lowest BCUT2D eigenvalue weighted by atomic mass is 10.2. The normalized spacial score (nSPS) is 10.2. The fourth-order valence-electron chi connectivity index (χ4n) is 1.71. The molecule has 1 N–H and O–H groups in total. The van der Waals surface area contributed by atoms with Gasteiger partial charge in [0.25, 0.3) is 5.91 Å². The summed E-state index contributed by atoms with van der Waals surface area (Å²) in [5, 5.41) is 2.90. The van der Waals surface area contributed by atoms with Crippen molar-refractivity contribution in [3.8, 4) is 0 Å². The molecular formula is C14H13BrIN3O. The molecule has 0 atom stereocenters. The summed E-state index contributed by atoms with van der Waals surface area (Å²) in [5.74, 6) is 0.564. The highest BCUT2D eigenvalue weighted by Gasteiger charge is 2.13. The first kappa shape index (κ1) is 15.2. The molecule has 1 heterocycles. The van der Waals surface area contributed by atoms with E-state index in [1.165, 1.54) is 0 Å². The monoisotopic (exact) mass is 445 g/mol. The number of halogens is 2. The summed E-state index contributed by atoms with van der Waals surface area (Å²) in [4.78, 5) is 18.5. The van der Waals surface area contributed by atoms with Crippen LogP contribution in [0.15, 0.2) is 41.0 Å². The van der Waals surface area contributed by atoms with Crippen LogP contribution in [0, 0.1) is 3.57 Å². The Hall–Kier alpha value is -1.15. The van der Waals surface area contributed by atoms with Crippen LogP contribution in [0.5, 0.6) is 0 Å². The fraction of sp³-hybridized carbons (Fsp3) is 0.143. The first-order chi connectivity index (χ1) is 9.49. The van der Waals surface area contributed by atoms with Crippen LogP contribution >= 0.6 is 38.5 Å². The smallest absolute Gasteiger partial charge is 0.256 e. The predicted octanol–water partition coefficient (Wildman–Crippen LogP) is 3.77. The molecule has 0 spiro atoms. The quantitative estimate of drug-likeness (QED) is 0.731. The van der Waals surface area contributed by atoms with Gasteiger partial charge in [0.1, 0.15) is 0 Å². The van der Waals surface area contributed by atoms with Crippen LogP contribution in [0.3, 0.4) is 0 Å². The molecule has 0 aliphatic rings. The molecule has 0 unspecified atom stereocenters. The molecule has 104 valence electrons. The minimum absolute atomic E-state index is 0.161. The van der Waals surface area contributed by atoms with Gasteiger partial charge in [-0.15, -0.1) is 0 Å². The second kappa shape index (κ2) is 6.53. The lowest BCUT2D eigenvalue weighted by molar-refractivity contribution is 0.102. The van der Waals surface area contributed by atoms with E-state index in [0.717, 1.165) is 13.9 Å². The number of hydrogen-bond donors (Lipinski definition) is 1. The van der Waals surface area contributed by atoms with Crippen LogP contribution in [-0.4, -0.2) is 25.0 Å². The van der Waals surface area contributed by atoms with Crippen LogP contribution in [0.25, 0.3) is 0 Å². The minimum Gasteiger partial charge on any atom is -0.361 e. The van der Waals surface area contributed by atoms with Gasteiger partial charge in [0.05, 0.1) is 11.3 Å². The first-order valence-corrected chi connectivity index (χ1v) is 7.75. The van der Waals surface area contributed by atoms with E-state index in [-0.39, 0.29) is 5.91 Å². The molecular weight excluding hydrogens is 433 g/mol. The SMILES string of the molecule is CN(C)c1ncccc1NC(=O)c1cc(I)ccc1Br. The molecule has 0 saturated heterocycles. The van der Waals surface area contributed by atoms with Crippen molar-refractivity contribution in [3.63, 3.8) is 0 Å². The van der Waals surface area contributed by atoms with Gasteiger partial charge in [0.15, 0.2) is 5.82 Å². The Morgan fingerprint density at radius 2 is 2.10 bits per heavy atom. The number of carbonyl (C=O) groups is 1. The van der Waals surface area contributed by atoms with Gasteiger partial charge < -0.3 is 10.2 Å². The molecule has 0 bridgehead atoms. The van der Waals surface area contributed by atoms with Crippen molar-refractivity contribution in [1.29, 1.82) is 0 Å². The van der Waals surface area contributed by atoms with Crippen LogP contribution in [0.2, 0.25) is 0 Å². The van der Waals surface area contributed by atoms with Gasteiger partial charge in [-0.05, 0) is 68.9 Å². The van der Waals surface area contributed by atoms with Gasteiger partial charge in [0.2, 0.25) is 0 Å². The number of anilines is 2. The summed E-state index contributed by atoms with van der Waals surface area (Å²) in [7, 11) is 3.78. The number of amides is 1. The van der Waals surface area contributed by atoms with Crippen molar-refractivity contribution in [3.05, 3.63) is 50.1 Å². The highest BCUT2D eigenvalue weighted by Crippen LogP contribution is 2.24. The molecule has 0 aliphatic heterocycles. The van der Waals surface area contributed by atoms with Gasteiger partial charge in [0, 0.05) is 28.3 Å². The van der Waals surface area contributed by atoms with E-state index in [1.54, 1.807) is 12.3 Å². The summed E-state index contributed by atoms with van der Waals surface area (Å²) in [6.07, 6.45) is 1.70. The molecule has 1 aromatic carbocycles. The Morgan fingerprint density at radius 1 is 1.35 bits per heavy atom. The van der Waals surface area contributed by atoms with Gasteiger partial charge >= 0.3 is 0 Å². The van der Waals surface area contributed by atoms with Crippen LogP contribution in [0.4, 0.5) is 11.5 Å². The molecule has 1 aromatic heterocycles. The largest absolute Gasteiger partial charge is 0.361 e. The van der Waals surface area contributed by atoms with Crippen molar-refractivity contribution in [2.24, 2.45) is 0 Å². The molecule has 6 heteroatoms. The fourth-order valence-corrected chi connectivity index (χ4v) is 2.63. The number of hydrogen-bond acceptors (Lipinski definition) is 3. The molecule has 0 fully saturated rings. The van der Waals surface area contributed by atoms with Crippen molar-refractivity contribution in [2.75, 3.05) is 24.3 Å². The Labute approximate surface area is 139 Å². The zero-order chi connectivity index (χ0) is 14.7.